The lowest BCUT2D eigenvalue weighted by Crippen LogP contribution is -2.44. The van der Waals surface area contributed by atoms with Crippen molar-refractivity contribution in [3.63, 3.8) is 0 Å². The summed E-state index contributed by atoms with van der Waals surface area (Å²) in [5.74, 6) is 0. The second-order valence-electron chi connectivity index (χ2n) is 5.08. The van der Waals surface area contributed by atoms with Gasteiger partial charge in [-0.3, -0.25) is 0 Å². The molecule has 0 amide bonds. The van der Waals surface area contributed by atoms with E-state index in [9.17, 15) is 5.11 Å². The molecule has 1 saturated carbocycles. The number of aromatic nitrogens is 2. The van der Waals surface area contributed by atoms with Crippen molar-refractivity contribution in [3.8, 4) is 0 Å². The van der Waals surface area contributed by atoms with Crippen molar-refractivity contribution in [2.75, 3.05) is 0 Å². The first-order valence-electron chi connectivity index (χ1n) is 5.54. The SMILES string of the molecule is CC1(C)CCCCC1(O)c1cncnc1. The highest BCUT2D eigenvalue weighted by Crippen LogP contribution is 2.49. The van der Waals surface area contributed by atoms with Gasteiger partial charge in [-0.2, -0.15) is 0 Å². The van der Waals surface area contributed by atoms with Gasteiger partial charge < -0.3 is 5.11 Å². The zero-order chi connectivity index (χ0) is 10.9. The Labute approximate surface area is 90.6 Å². The fraction of sp³-hybridized carbons (Fsp3) is 0.667. The van der Waals surface area contributed by atoms with Crippen LogP contribution in [0.4, 0.5) is 0 Å². The zero-order valence-electron chi connectivity index (χ0n) is 9.40. The molecule has 0 bridgehead atoms. The summed E-state index contributed by atoms with van der Waals surface area (Å²) in [6.45, 7) is 4.25. The van der Waals surface area contributed by atoms with Crippen molar-refractivity contribution < 1.29 is 5.11 Å². The highest BCUT2D eigenvalue weighted by Gasteiger charge is 2.46. The van der Waals surface area contributed by atoms with E-state index in [-0.39, 0.29) is 5.41 Å². The lowest BCUT2D eigenvalue weighted by Gasteiger charge is -2.46. The van der Waals surface area contributed by atoms with Crippen LogP contribution < -0.4 is 0 Å². The minimum atomic E-state index is -0.757. The minimum absolute atomic E-state index is 0.0873. The summed E-state index contributed by atoms with van der Waals surface area (Å²) in [7, 11) is 0. The molecule has 1 atom stereocenters. The average molecular weight is 206 g/mol. The molecule has 1 unspecified atom stereocenters. The molecule has 82 valence electrons. The Kier molecular flexibility index (Phi) is 2.51. The van der Waals surface area contributed by atoms with Crippen LogP contribution in [-0.4, -0.2) is 15.1 Å². The summed E-state index contributed by atoms with van der Waals surface area (Å²) in [6, 6.07) is 0. The van der Waals surface area contributed by atoms with Gasteiger partial charge in [0.15, 0.2) is 0 Å². The van der Waals surface area contributed by atoms with Crippen LogP contribution in [0.15, 0.2) is 18.7 Å². The molecular formula is C12H18N2O. The lowest BCUT2D eigenvalue weighted by atomic mass is 9.63. The molecule has 1 aliphatic carbocycles. The maximum atomic E-state index is 10.8. The number of rotatable bonds is 1. The maximum absolute atomic E-state index is 10.8. The molecule has 1 fully saturated rings. The van der Waals surface area contributed by atoms with Crippen LogP contribution in [0.2, 0.25) is 0 Å². The summed E-state index contributed by atoms with van der Waals surface area (Å²) >= 11 is 0. The molecule has 1 N–H and O–H groups in total. The predicted molar refractivity (Wildman–Crippen MR) is 58.2 cm³/mol. The highest BCUT2D eigenvalue weighted by molar-refractivity contribution is 5.19. The van der Waals surface area contributed by atoms with Crippen LogP contribution >= 0.6 is 0 Å². The van der Waals surface area contributed by atoms with Crippen LogP contribution in [0.3, 0.4) is 0 Å². The summed E-state index contributed by atoms with van der Waals surface area (Å²) in [4.78, 5) is 8.00. The van der Waals surface area contributed by atoms with Gasteiger partial charge in [0.25, 0.3) is 0 Å². The quantitative estimate of drug-likeness (QED) is 0.766. The van der Waals surface area contributed by atoms with Gasteiger partial charge in [0, 0.05) is 18.0 Å². The largest absolute Gasteiger partial charge is 0.384 e. The second-order valence-corrected chi connectivity index (χ2v) is 5.08. The molecule has 0 aromatic carbocycles. The van der Waals surface area contributed by atoms with Gasteiger partial charge in [0.05, 0.1) is 5.60 Å². The molecule has 1 aromatic rings. The van der Waals surface area contributed by atoms with Crippen molar-refractivity contribution in [3.05, 3.63) is 24.3 Å². The molecule has 0 radical (unpaired) electrons. The van der Waals surface area contributed by atoms with Crippen LogP contribution in [-0.2, 0) is 5.60 Å². The van der Waals surface area contributed by atoms with E-state index in [0.29, 0.717) is 0 Å². The van der Waals surface area contributed by atoms with Crippen molar-refractivity contribution >= 4 is 0 Å². The standard InChI is InChI=1S/C12H18N2O/c1-11(2)5-3-4-6-12(11,15)10-7-13-9-14-8-10/h7-9,15H,3-6H2,1-2H3. The van der Waals surface area contributed by atoms with E-state index in [1.165, 1.54) is 12.7 Å². The molecular weight excluding hydrogens is 188 g/mol. The van der Waals surface area contributed by atoms with Gasteiger partial charge in [0.2, 0.25) is 0 Å². The van der Waals surface area contributed by atoms with Crippen LogP contribution in [0, 0.1) is 5.41 Å². The molecule has 3 nitrogen and oxygen atoms in total. The fourth-order valence-corrected chi connectivity index (χ4v) is 2.54. The molecule has 15 heavy (non-hydrogen) atoms. The smallest absolute Gasteiger partial charge is 0.115 e. The van der Waals surface area contributed by atoms with E-state index in [1.54, 1.807) is 12.4 Å². The summed E-state index contributed by atoms with van der Waals surface area (Å²) in [5.41, 5.74) is 0.0114. The summed E-state index contributed by atoms with van der Waals surface area (Å²) in [5, 5.41) is 10.8. The molecule has 1 aliphatic rings. The third-order valence-corrected chi connectivity index (χ3v) is 3.75. The van der Waals surface area contributed by atoms with Crippen LogP contribution in [0.1, 0.15) is 45.1 Å². The zero-order valence-corrected chi connectivity index (χ0v) is 9.40. The molecule has 1 aromatic heterocycles. The Morgan fingerprint density at radius 1 is 1.13 bits per heavy atom. The minimum Gasteiger partial charge on any atom is -0.384 e. The highest BCUT2D eigenvalue weighted by atomic mass is 16.3. The van der Waals surface area contributed by atoms with Gasteiger partial charge in [-0.25, -0.2) is 9.97 Å². The predicted octanol–water partition coefficient (Wildman–Crippen LogP) is 2.26. The average Bonchev–Trinajstić information content (AvgIpc) is 2.24. The molecule has 1 heterocycles. The van der Waals surface area contributed by atoms with Crippen molar-refractivity contribution in [1.82, 2.24) is 9.97 Å². The molecule has 3 heteroatoms. The first-order chi connectivity index (χ1) is 7.06. The molecule has 0 saturated heterocycles. The number of aliphatic hydroxyl groups is 1. The van der Waals surface area contributed by atoms with E-state index in [2.05, 4.69) is 23.8 Å². The monoisotopic (exact) mass is 206 g/mol. The summed E-state index contributed by atoms with van der Waals surface area (Å²) in [6.07, 6.45) is 9.12. The normalized spacial score (nSPS) is 30.1. The van der Waals surface area contributed by atoms with Gasteiger partial charge in [-0.15, -0.1) is 0 Å². The van der Waals surface area contributed by atoms with Crippen molar-refractivity contribution in [2.24, 2.45) is 5.41 Å². The maximum Gasteiger partial charge on any atom is 0.115 e. The van der Waals surface area contributed by atoms with Gasteiger partial charge >= 0.3 is 0 Å². The van der Waals surface area contributed by atoms with Crippen molar-refractivity contribution in [1.29, 1.82) is 0 Å². The lowest BCUT2D eigenvalue weighted by molar-refractivity contribution is -0.104. The number of nitrogens with zero attached hydrogens (tertiary/aromatic N) is 2. The second kappa shape index (κ2) is 3.56. The van der Waals surface area contributed by atoms with E-state index in [4.69, 9.17) is 0 Å². The van der Waals surface area contributed by atoms with E-state index in [1.807, 2.05) is 0 Å². The number of hydrogen-bond acceptors (Lipinski definition) is 3. The molecule has 2 rings (SSSR count). The first-order valence-corrected chi connectivity index (χ1v) is 5.54. The van der Waals surface area contributed by atoms with E-state index >= 15 is 0 Å². The third-order valence-electron chi connectivity index (χ3n) is 3.75. The van der Waals surface area contributed by atoms with Crippen LogP contribution in [0.25, 0.3) is 0 Å². The van der Waals surface area contributed by atoms with Gasteiger partial charge in [-0.05, 0) is 18.3 Å². The molecule has 0 spiro atoms. The van der Waals surface area contributed by atoms with Crippen molar-refractivity contribution in [2.45, 2.75) is 45.1 Å². The van der Waals surface area contributed by atoms with Crippen LogP contribution in [0.5, 0.6) is 0 Å². The Bertz CT molecular complexity index is 337. The molecule has 0 aliphatic heterocycles. The first kappa shape index (κ1) is 10.6. The Balaban J connectivity index is 2.40. The van der Waals surface area contributed by atoms with E-state index in [0.717, 1.165) is 24.8 Å². The van der Waals surface area contributed by atoms with Gasteiger partial charge in [-0.1, -0.05) is 26.7 Å². The van der Waals surface area contributed by atoms with Gasteiger partial charge in [0.1, 0.15) is 6.33 Å². The Morgan fingerprint density at radius 3 is 2.33 bits per heavy atom. The summed E-state index contributed by atoms with van der Waals surface area (Å²) < 4.78 is 0. The number of hydrogen-bond donors (Lipinski definition) is 1. The van der Waals surface area contributed by atoms with E-state index < -0.39 is 5.60 Å². The third kappa shape index (κ3) is 1.65. The Hall–Kier alpha value is -0.960. The Morgan fingerprint density at radius 2 is 1.73 bits per heavy atom. The topological polar surface area (TPSA) is 46.0 Å². The fourth-order valence-electron chi connectivity index (χ4n) is 2.54.